The second kappa shape index (κ2) is 8.67. The van der Waals surface area contributed by atoms with E-state index in [1.165, 1.54) is 51.4 Å². The smallest absolute Gasteiger partial charge is 0.132 e. The molecule has 2 aliphatic heterocycles. The molecule has 1 aliphatic carbocycles. The third-order valence-electron chi connectivity index (χ3n) is 7.20. The quantitative estimate of drug-likeness (QED) is 0.731. The van der Waals surface area contributed by atoms with E-state index in [1.807, 2.05) is 6.07 Å². The van der Waals surface area contributed by atoms with Crippen molar-refractivity contribution in [3.8, 4) is 11.3 Å². The number of benzene rings is 1. The Hall–Kier alpha value is -1.92. The third kappa shape index (κ3) is 4.40. The van der Waals surface area contributed by atoms with Gasteiger partial charge in [0, 0.05) is 38.4 Å². The number of likely N-dealkylation sites (tertiary alicyclic amines) is 1. The van der Waals surface area contributed by atoms with Crippen molar-refractivity contribution < 1.29 is 13.5 Å². The maximum absolute atomic E-state index is 13.9. The van der Waals surface area contributed by atoms with Gasteiger partial charge in [0.25, 0.3) is 0 Å². The molecule has 5 rings (SSSR count). The summed E-state index contributed by atoms with van der Waals surface area (Å²) in [5, 5.41) is 8.48. The zero-order chi connectivity index (χ0) is 20.5. The second-order valence-corrected chi connectivity index (χ2v) is 9.37. The Kier molecular flexibility index (Phi) is 5.79. The molecule has 1 aromatic carbocycles. The van der Waals surface area contributed by atoms with Gasteiger partial charge in [-0.1, -0.05) is 0 Å². The Morgan fingerprint density at radius 2 is 1.70 bits per heavy atom. The van der Waals surface area contributed by atoms with Crippen LogP contribution in [-0.4, -0.2) is 47.9 Å². The van der Waals surface area contributed by atoms with Crippen molar-refractivity contribution in [1.29, 1.82) is 0 Å². The maximum atomic E-state index is 13.9. The molecular formula is C24H29F2N3O. The minimum absolute atomic E-state index is 0.161. The molecule has 3 heterocycles. The van der Waals surface area contributed by atoms with Crippen molar-refractivity contribution in [1.82, 2.24) is 15.1 Å². The molecule has 4 nitrogen and oxygen atoms in total. The average molecular weight is 414 g/mol. The maximum Gasteiger partial charge on any atom is 0.132 e. The van der Waals surface area contributed by atoms with Gasteiger partial charge in [0.1, 0.15) is 11.6 Å². The van der Waals surface area contributed by atoms with Gasteiger partial charge in [0.2, 0.25) is 0 Å². The molecule has 0 amide bonds. The van der Waals surface area contributed by atoms with Crippen LogP contribution in [0.1, 0.15) is 31.4 Å². The molecule has 3 atom stereocenters. The van der Waals surface area contributed by atoms with E-state index in [9.17, 15) is 8.78 Å². The predicted molar refractivity (Wildman–Crippen MR) is 111 cm³/mol. The number of rotatable bonds is 5. The van der Waals surface area contributed by atoms with Crippen LogP contribution in [0.3, 0.4) is 0 Å². The first-order valence-electron chi connectivity index (χ1n) is 11.2. The van der Waals surface area contributed by atoms with Crippen LogP contribution in [0.4, 0.5) is 8.78 Å². The first-order chi connectivity index (χ1) is 14.6. The largest absolute Gasteiger partial charge is 0.381 e. The molecule has 1 aromatic heterocycles. The van der Waals surface area contributed by atoms with Crippen LogP contribution >= 0.6 is 0 Å². The van der Waals surface area contributed by atoms with Gasteiger partial charge in [-0.2, -0.15) is 10.2 Å². The molecule has 30 heavy (non-hydrogen) atoms. The molecule has 3 aliphatic rings. The van der Waals surface area contributed by atoms with Crippen molar-refractivity contribution >= 4 is 0 Å². The summed E-state index contributed by atoms with van der Waals surface area (Å²) in [6, 6.07) is 7.08. The summed E-state index contributed by atoms with van der Waals surface area (Å²) in [5.74, 6) is 2.13. The van der Waals surface area contributed by atoms with Crippen LogP contribution in [0.25, 0.3) is 11.3 Å². The number of halogens is 2. The normalized spacial score (nSPS) is 27.5. The third-order valence-corrected chi connectivity index (χ3v) is 7.20. The minimum atomic E-state index is -0.479. The Labute approximate surface area is 176 Å². The lowest BCUT2D eigenvalue weighted by atomic mass is 9.98. The van der Waals surface area contributed by atoms with Crippen molar-refractivity contribution in [2.24, 2.45) is 23.7 Å². The van der Waals surface area contributed by atoms with Crippen LogP contribution in [0.5, 0.6) is 0 Å². The first kappa shape index (κ1) is 20.0. The Morgan fingerprint density at radius 3 is 2.40 bits per heavy atom. The molecule has 160 valence electrons. The number of ether oxygens (including phenoxy) is 1. The Balaban J connectivity index is 1.14. The van der Waals surface area contributed by atoms with Crippen LogP contribution in [0.15, 0.2) is 30.3 Å². The van der Waals surface area contributed by atoms with Gasteiger partial charge in [0.05, 0.1) is 11.4 Å². The van der Waals surface area contributed by atoms with E-state index in [0.717, 1.165) is 55.2 Å². The van der Waals surface area contributed by atoms with Crippen molar-refractivity contribution in [2.75, 3.05) is 32.8 Å². The summed E-state index contributed by atoms with van der Waals surface area (Å²) < 4.78 is 32.9. The molecular weight excluding hydrogens is 384 g/mol. The molecule has 0 radical (unpaired) electrons. The number of hydrogen-bond donors (Lipinski definition) is 0. The summed E-state index contributed by atoms with van der Waals surface area (Å²) in [6.45, 7) is 5.58. The van der Waals surface area contributed by atoms with Crippen LogP contribution in [0, 0.1) is 35.3 Å². The number of nitrogens with zero attached hydrogens (tertiary/aromatic N) is 3. The van der Waals surface area contributed by atoms with E-state index < -0.39 is 11.6 Å². The van der Waals surface area contributed by atoms with Gasteiger partial charge in [-0.3, -0.25) is 0 Å². The minimum Gasteiger partial charge on any atom is -0.381 e. The van der Waals surface area contributed by atoms with Crippen molar-refractivity contribution in [2.45, 2.75) is 32.1 Å². The summed E-state index contributed by atoms with van der Waals surface area (Å²) in [6.07, 6.45) is 5.87. The molecule has 0 N–H and O–H groups in total. The number of hydrogen-bond acceptors (Lipinski definition) is 4. The summed E-state index contributed by atoms with van der Waals surface area (Å²) in [5.41, 5.74) is 1.48. The monoisotopic (exact) mass is 413 g/mol. The highest BCUT2D eigenvalue weighted by atomic mass is 19.1. The zero-order valence-electron chi connectivity index (χ0n) is 17.3. The fourth-order valence-corrected chi connectivity index (χ4v) is 5.73. The Morgan fingerprint density at radius 1 is 0.933 bits per heavy atom. The zero-order valence-corrected chi connectivity index (χ0v) is 17.3. The SMILES string of the molecule is Fc1ccc(F)c(-c2ccc(CC3C[C@@H]4CN(CC5CCOCC5)C[C@@H]4C3)nn2)c1. The fourth-order valence-electron chi connectivity index (χ4n) is 5.73. The molecule has 2 saturated heterocycles. The molecule has 0 bridgehead atoms. The van der Waals surface area contributed by atoms with Gasteiger partial charge in [-0.25, -0.2) is 8.78 Å². The lowest BCUT2D eigenvalue weighted by Crippen LogP contribution is -2.31. The van der Waals surface area contributed by atoms with Crippen molar-refractivity contribution in [3.05, 3.63) is 47.7 Å². The van der Waals surface area contributed by atoms with Crippen molar-refractivity contribution in [3.63, 3.8) is 0 Å². The molecule has 2 aromatic rings. The highest BCUT2D eigenvalue weighted by Crippen LogP contribution is 2.43. The summed E-state index contributed by atoms with van der Waals surface area (Å²) in [4.78, 5) is 2.68. The van der Waals surface area contributed by atoms with E-state index in [-0.39, 0.29) is 5.56 Å². The van der Waals surface area contributed by atoms with Gasteiger partial charge in [0.15, 0.2) is 0 Å². The predicted octanol–water partition coefficient (Wildman–Crippen LogP) is 4.35. The number of fused-ring (bicyclic) bond motifs is 1. The van der Waals surface area contributed by atoms with Gasteiger partial charge >= 0.3 is 0 Å². The summed E-state index contributed by atoms with van der Waals surface area (Å²) in [7, 11) is 0. The lowest BCUT2D eigenvalue weighted by molar-refractivity contribution is 0.0544. The first-order valence-corrected chi connectivity index (χ1v) is 11.2. The van der Waals surface area contributed by atoms with E-state index in [4.69, 9.17) is 4.74 Å². The van der Waals surface area contributed by atoms with Gasteiger partial charge in [-0.15, -0.1) is 0 Å². The molecule has 6 heteroatoms. The average Bonchev–Trinajstić information content (AvgIpc) is 3.29. The summed E-state index contributed by atoms with van der Waals surface area (Å²) >= 11 is 0. The standard InChI is InChI=1S/C24H29F2N3O/c25-20-1-3-23(26)22(12-20)24-4-2-21(27-28-24)11-17-9-18-14-29(15-19(18)10-17)13-16-5-7-30-8-6-16/h1-4,12,16-19H,5-11,13-15H2/t17?,18-,19+. The highest BCUT2D eigenvalue weighted by Gasteiger charge is 2.41. The molecule has 3 fully saturated rings. The molecule has 0 spiro atoms. The van der Waals surface area contributed by atoms with E-state index in [2.05, 4.69) is 15.1 Å². The molecule has 1 saturated carbocycles. The number of aromatic nitrogens is 2. The van der Waals surface area contributed by atoms with Gasteiger partial charge < -0.3 is 9.64 Å². The van der Waals surface area contributed by atoms with E-state index in [1.54, 1.807) is 6.07 Å². The second-order valence-electron chi connectivity index (χ2n) is 9.37. The Bertz CT molecular complexity index is 855. The van der Waals surface area contributed by atoms with E-state index in [0.29, 0.717) is 11.6 Å². The lowest BCUT2D eigenvalue weighted by Gasteiger charge is -2.27. The highest BCUT2D eigenvalue weighted by molar-refractivity contribution is 5.59. The topological polar surface area (TPSA) is 38.2 Å². The van der Waals surface area contributed by atoms with Crippen LogP contribution in [0.2, 0.25) is 0 Å². The fraction of sp³-hybridized carbons (Fsp3) is 0.583. The van der Waals surface area contributed by atoms with Gasteiger partial charge in [-0.05, 0) is 86.1 Å². The molecule has 1 unspecified atom stereocenters. The van der Waals surface area contributed by atoms with Crippen LogP contribution in [-0.2, 0) is 11.2 Å². The van der Waals surface area contributed by atoms with E-state index >= 15 is 0 Å². The van der Waals surface area contributed by atoms with Crippen LogP contribution < -0.4 is 0 Å².